The maximum absolute atomic E-state index is 12.6. The fourth-order valence-electron chi connectivity index (χ4n) is 5.82. The fraction of sp³-hybridized carbons (Fsp3) is 0.900. The lowest BCUT2D eigenvalue weighted by atomic mass is 9.64. The summed E-state index contributed by atoms with van der Waals surface area (Å²) < 4.78 is 10.9. The van der Waals surface area contributed by atoms with Crippen LogP contribution in [0.1, 0.15) is 60.8 Å². The van der Waals surface area contributed by atoms with Gasteiger partial charge in [-0.2, -0.15) is 0 Å². The zero-order chi connectivity index (χ0) is 17.9. The summed E-state index contributed by atoms with van der Waals surface area (Å²) in [6, 6.07) is 0. The summed E-state index contributed by atoms with van der Waals surface area (Å²) in [5.74, 6) is 2.12. The third kappa shape index (κ3) is 2.97. The zero-order valence-electron chi connectivity index (χ0n) is 15.9. The van der Waals surface area contributed by atoms with Gasteiger partial charge in [-0.1, -0.05) is 41.5 Å². The third-order valence-electron chi connectivity index (χ3n) is 6.82. The molecule has 6 atom stereocenters. The molecule has 24 heavy (non-hydrogen) atoms. The van der Waals surface area contributed by atoms with Gasteiger partial charge >= 0.3 is 11.9 Å². The summed E-state index contributed by atoms with van der Waals surface area (Å²) in [5, 5.41) is 0. The van der Waals surface area contributed by atoms with Gasteiger partial charge in [0.05, 0.1) is 12.3 Å². The Hall–Kier alpha value is -1.06. The lowest BCUT2D eigenvalue weighted by Crippen LogP contribution is -2.38. The van der Waals surface area contributed by atoms with Crippen LogP contribution in [0, 0.1) is 40.4 Å². The van der Waals surface area contributed by atoms with Crippen molar-refractivity contribution < 1.29 is 19.1 Å². The van der Waals surface area contributed by atoms with Crippen LogP contribution in [-0.2, 0) is 19.1 Å². The molecule has 0 N–H and O–H groups in total. The van der Waals surface area contributed by atoms with Gasteiger partial charge < -0.3 is 9.47 Å². The van der Waals surface area contributed by atoms with E-state index in [2.05, 4.69) is 27.7 Å². The first-order chi connectivity index (χ1) is 11.0. The Kier molecular flexibility index (Phi) is 4.25. The fourth-order valence-corrected chi connectivity index (χ4v) is 5.82. The van der Waals surface area contributed by atoms with Gasteiger partial charge in [0.2, 0.25) is 0 Å². The van der Waals surface area contributed by atoms with Crippen LogP contribution in [0.2, 0.25) is 0 Å². The molecule has 0 aromatic rings. The molecule has 0 spiro atoms. The van der Waals surface area contributed by atoms with Crippen LogP contribution in [-0.4, -0.2) is 24.6 Å². The number of rotatable bonds is 3. The molecule has 0 radical (unpaired) electrons. The maximum Gasteiger partial charge on any atom is 0.309 e. The summed E-state index contributed by atoms with van der Waals surface area (Å²) in [7, 11) is 0. The summed E-state index contributed by atoms with van der Waals surface area (Å²) in [5.41, 5.74) is 0.0481. The highest BCUT2D eigenvalue weighted by molar-refractivity contribution is 5.74. The largest absolute Gasteiger partial charge is 0.461 e. The van der Waals surface area contributed by atoms with Crippen molar-refractivity contribution in [3.63, 3.8) is 0 Å². The number of esters is 2. The molecule has 3 rings (SSSR count). The predicted octanol–water partition coefficient (Wildman–Crippen LogP) is 3.83. The molecule has 1 aliphatic heterocycles. The number of ether oxygens (including phenoxy) is 2. The van der Waals surface area contributed by atoms with Gasteiger partial charge in [-0.15, -0.1) is 0 Å². The maximum atomic E-state index is 12.6. The second kappa shape index (κ2) is 5.74. The zero-order valence-corrected chi connectivity index (χ0v) is 15.9. The molecular weight excluding hydrogens is 304 g/mol. The van der Waals surface area contributed by atoms with Crippen LogP contribution in [0.5, 0.6) is 0 Å². The van der Waals surface area contributed by atoms with Crippen molar-refractivity contribution in [2.75, 3.05) is 6.61 Å². The number of carbonyl (C=O) groups is 2. The molecule has 136 valence electrons. The van der Waals surface area contributed by atoms with Gasteiger partial charge in [-0.3, -0.25) is 9.59 Å². The number of fused-ring (bicyclic) bond motifs is 2. The first kappa shape index (κ1) is 17.8. The molecule has 1 heterocycles. The van der Waals surface area contributed by atoms with E-state index >= 15 is 0 Å². The van der Waals surface area contributed by atoms with E-state index in [1.807, 2.05) is 13.8 Å². The van der Waals surface area contributed by atoms with Gasteiger partial charge in [-0.25, -0.2) is 0 Å². The van der Waals surface area contributed by atoms with E-state index in [1.54, 1.807) is 0 Å². The standard InChI is InChI=1S/C20H32O4/c1-11-13-7-12(17(11)19(2,3)4)8-14(13)18(22)23-10-15-20(5,6)9-16(21)24-15/h11-15,17H,7-10H2,1-6H3. The van der Waals surface area contributed by atoms with E-state index in [0.717, 1.165) is 12.8 Å². The SMILES string of the molecule is CC1C2CC(CC2C(=O)OCC2OC(=O)CC2(C)C)C1C(C)(C)C. The van der Waals surface area contributed by atoms with Crippen LogP contribution < -0.4 is 0 Å². The lowest BCUT2D eigenvalue weighted by molar-refractivity contribution is -0.160. The summed E-state index contributed by atoms with van der Waals surface area (Å²) >= 11 is 0. The second-order valence-electron chi connectivity index (χ2n) is 10.0. The first-order valence-corrected chi connectivity index (χ1v) is 9.37. The predicted molar refractivity (Wildman–Crippen MR) is 91.1 cm³/mol. The molecule has 0 aromatic carbocycles. The molecule has 2 bridgehead atoms. The number of hydrogen-bond acceptors (Lipinski definition) is 4. The highest BCUT2D eigenvalue weighted by Crippen LogP contribution is 2.60. The lowest BCUT2D eigenvalue weighted by Gasteiger charge is -2.40. The van der Waals surface area contributed by atoms with Crippen molar-refractivity contribution in [2.24, 2.45) is 40.4 Å². The van der Waals surface area contributed by atoms with Crippen molar-refractivity contribution >= 4 is 11.9 Å². The molecule has 1 saturated heterocycles. The molecule has 4 nitrogen and oxygen atoms in total. The third-order valence-corrected chi connectivity index (χ3v) is 6.82. The molecule has 4 heteroatoms. The minimum atomic E-state index is -0.313. The van der Waals surface area contributed by atoms with Crippen LogP contribution in [0.15, 0.2) is 0 Å². The summed E-state index contributed by atoms with van der Waals surface area (Å²) in [4.78, 5) is 24.1. The molecule has 2 aliphatic carbocycles. The van der Waals surface area contributed by atoms with Gasteiger partial charge in [0.25, 0.3) is 0 Å². The highest BCUT2D eigenvalue weighted by atomic mass is 16.6. The summed E-state index contributed by atoms with van der Waals surface area (Å²) in [6.07, 6.45) is 2.21. The highest BCUT2D eigenvalue weighted by Gasteiger charge is 2.56. The Bertz CT molecular complexity index is 528. The Labute approximate surface area is 145 Å². The van der Waals surface area contributed by atoms with Crippen molar-refractivity contribution in [3.8, 4) is 0 Å². The molecule has 2 saturated carbocycles. The number of hydrogen-bond donors (Lipinski definition) is 0. The van der Waals surface area contributed by atoms with Crippen molar-refractivity contribution in [1.29, 1.82) is 0 Å². The average molecular weight is 336 g/mol. The first-order valence-electron chi connectivity index (χ1n) is 9.37. The number of carbonyl (C=O) groups excluding carboxylic acids is 2. The van der Waals surface area contributed by atoms with E-state index in [-0.39, 0.29) is 36.0 Å². The van der Waals surface area contributed by atoms with E-state index in [1.165, 1.54) is 0 Å². The Morgan fingerprint density at radius 3 is 2.46 bits per heavy atom. The van der Waals surface area contributed by atoms with Crippen molar-refractivity contribution in [2.45, 2.75) is 66.9 Å². The molecule has 3 aliphatic rings. The normalized spacial score (nSPS) is 40.7. The van der Waals surface area contributed by atoms with Crippen LogP contribution in [0.4, 0.5) is 0 Å². The minimum absolute atomic E-state index is 0.0313. The van der Waals surface area contributed by atoms with Crippen LogP contribution in [0.3, 0.4) is 0 Å². The van der Waals surface area contributed by atoms with Gasteiger partial charge in [-0.05, 0) is 41.9 Å². The van der Waals surface area contributed by atoms with Crippen molar-refractivity contribution in [3.05, 3.63) is 0 Å². The van der Waals surface area contributed by atoms with Gasteiger partial charge in [0.1, 0.15) is 12.7 Å². The topological polar surface area (TPSA) is 52.6 Å². The van der Waals surface area contributed by atoms with Crippen molar-refractivity contribution in [1.82, 2.24) is 0 Å². The van der Waals surface area contributed by atoms with Gasteiger partial charge in [0, 0.05) is 5.41 Å². The van der Waals surface area contributed by atoms with E-state index in [0.29, 0.717) is 35.5 Å². The van der Waals surface area contributed by atoms with E-state index in [4.69, 9.17) is 9.47 Å². The van der Waals surface area contributed by atoms with Crippen LogP contribution in [0.25, 0.3) is 0 Å². The summed E-state index contributed by atoms with van der Waals surface area (Å²) in [6.45, 7) is 13.4. The Morgan fingerprint density at radius 1 is 1.29 bits per heavy atom. The monoisotopic (exact) mass is 336 g/mol. The molecule has 0 aromatic heterocycles. The molecular formula is C20H32O4. The minimum Gasteiger partial charge on any atom is -0.461 e. The van der Waals surface area contributed by atoms with E-state index < -0.39 is 0 Å². The molecule has 0 amide bonds. The molecule has 3 fully saturated rings. The Morgan fingerprint density at radius 2 is 1.96 bits per heavy atom. The average Bonchev–Trinajstić information content (AvgIpc) is 3.05. The molecule has 6 unspecified atom stereocenters. The number of cyclic esters (lactones) is 1. The quantitative estimate of drug-likeness (QED) is 0.735. The smallest absolute Gasteiger partial charge is 0.309 e. The van der Waals surface area contributed by atoms with Crippen LogP contribution >= 0.6 is 0 Å². The van der Waals surface area contributed by atoms with E-state index in [9.17, 15) is 9.59 Å². The van der Waals surface area contributed by atoms with Gasteiger partial charge in [0.15, 0.2) is 0 Å². The second-order valence-corrected chi connectivity index (χ2v) is 10.0. The Balaban J connectivity index is 1.58.